The Morgan fingerprint density at radius 1 is 0.962 bits per heavy atom. The summed E-state index contributed by atoms with van der Waals surface area (Å²) < 4.78 is 4.18. The van der Waals surface area contributed by atoms with Crippen molar-refractivity contribution in [2.45, 2.75) is 61.9 Å². The second-order valence-corrected chi connectivity index (χ2v) is 11.7. The van der Waals surface area contributed by atoms with Gasteiger partial charge in [0.25, 0.3) is 0 Å². The average molecular weight is 451 g/mol. The fraction of sp³-hybridized carbons (Fsp3) is 0.421. The molecule has 26 heavy (non-hydrogen) atoms. The lowest BCUT2D eigenvalue weighted by Gasteiger charge is -2.19. The van der Waals surface area contributed by atoms with E-state index in [0.717, 1.165) is 30.5 Å². The Labute approximate surface area is 171 Å². The molecule has 0 amide bonds. The van der Waals surface area contributed by atoms with E-state index < -0.39 is 0 Å². The Balaban J connectivity index is 2.06. The first-order valence-corrected chi connectivity index (χ1v) is 10.9. The fourth-order valence-electron chi connectivity index (χ4n) is 2.50. The van der Waals surface area contributed by atoms with Gasteiger partial charge in [-0.05, 0) is 39.8 Å². The Hall–Kier alpha value is -1.18. The van der Waals surface area contributed by atoms with E-state index in [1.807, 2.05) is 18.2 Å². The van der Waals surface area contributed by atoms with Gasteiger partial charge in [0.1, 0.15) is 5.82 Å². The molecule has 0 atom stereocenters. The normalized spacial score (nSPS) is 12.6. The molecule has 0 aliphatic heterocycles. The van der Waals surface area contributed by atoms with E-state index in [2.05, 4.69) is 84.4 Å². The predicted molar refractivity (Wildman–Crippen MR) is 113 cm³/mol. The minimum atomic E-state index is -0.109. The Kier molecular flexibility index (Phi) is 5.34. The highest BCUT2D eigenvalue weighted by atomic mass is 79.9. The molecule has 0 saturated heterocycles. The first-order chi connectivity index (χ1) is 12.1. The molecule has 3 rings (SSSR count). The van der Waals surface area contributed by atoms with Crippen LogP contribution >= 0.6 is 39.0 Å². The van der Waals surface area contributed by atoms with Crippen LogP contribution < -0.4 is 0 Å². The highest BCUT2D eigenvalue weighted by Crippen LogP contribution is 2.40. The number of aromatic nitrogens is 4. The Morgan fingerprint density at radius 3 is 2.15 bits per heavy atom. The van der Waals surface area contributed by atoms with Crippen LogP contribution in [0.15, 0.2) is 43.6 Å². The molecule has 7 heteroatoms. The van der Waals surface area contributed by atoms with Crippen molar-refractivity contribution in [2.75, 3.05) is 0 Å². The zero-order valence-electron chi connectivity index (χ0n) is 15.9. The van der Waals surface area contributed by atoms with Crippen LogP contribution in [0.4, 0.5) is 0 Å². The maximum atomic E-state index is 4.84. The summed E-state index contributed by atoms with van der Waals surface area (Å²) in [6, 6.07) is 10.3. The van der Waals surface area contributed by atoms with Gasteiger partial charge in [0.2, 0.25) is 5.16 Å². The number of para-hydroxylation sites is 1. The highest BCUT2D eigenvalue weighted by Gasteiger charge is 2.27. The smallest absolute Gasteiger partial charge is 0.202 e. The van der Waals surface area contributed by atoms with Gasteiger partial charge in [-0.3, -0.25) is 4.57 Å². The number of halogens is 1. The van der Waals surface area contributed by atoms with Crippen LogP contribution in [0, 0.1) is 0 Å². The third kappa shape index (κ3) is 4.05. The topological polar surface area (TPSA) is 43.6 Å². The Bertz CT molecular complexity index is 902. The largest absolute Gasteiger partial charge is 0.273 e. The summed E-state index contributed by atoms with van der Waals surface area (Å²) in [5.41, 5.74) is 2.03. The number of hydrogen-bond donors (Lipinski definition) is 0. The number of nitrogens with zero attached hydrogens (tertiary/aromatic N) is 4. The molecule has 0 aliphatic rings. The molecule has 0 bridgehead atoms. The van der Waals surface area contributed by atoms with E-state index >= 15 is 0 Å². The summed E-state index contributed by atoms with van der Waals surface area (Å²) >= 11 is 6.87. The van der Waals surface area contributed by atoms with Crippen molar-refractivity contribution >= 4 is 39.0 Å². The SMILES string of the molecule is CC(C)(C)c1nc(Sc2nnc(C(C)(C)C)n2-c2ccccc2)sc1Br. The summed E-state index contributed by atoms with van der Waals surface area (Å²) in [7, 11) is 0. The van der Waals surface area contributed by atoms with E-state index in [1.165, 1.54) is 0 Å². The molecule has 138 valence electrons. The van der Waals surface area contributed by atoms with E-state index in [-0.39, 0.29) is 10.8 Å². The van der Waals surface area contributed by atoms with Crippen LogP contribution in [0.5, 0.6) is 0 Å². The number of benzene rings is 1. The van der Waals surface area contributed by atoms with Crippen molar-refractivity contribution in [2.24, 2.45) is 0 Å². The molecule has 0 radical (unpaired) electrons. The van der Waals surface area contributed by atoms with Gasteiger partial charge in [-0.2, -0.15) is 0 Å². The van der Waals surface area contributed by atoms with Gasteiger partial charge in [-0.25, -0.2) is 4.98 Å². The molecule has 1 aromatic carbocycles. The lowest BCUT2D eigenvalue weighted by molar-refractivity contribution is 0.529. The number of thiazole rings is 1. The molecule has 0 aliphatic carbocycles. The average Bonchev–Trinajstić information content (AvgIpc) is 3.11. The molecule has 2 heterocycles. The van der Waals surface area contributed by atoms with E-state index in [4.69, 9.17) is 4.98 Å². The van der Waals surface area contributed by atoms with Crippen LogP contribution in [0.3, 0.4) is 0 Å². The monoisotopic (exact) mass is 450 g/mol. The molecule has 0 saturated carbocycles. The minimum absolute atomic E-state index is 0.00217. The summed E-state index contributed by atoms with van der Waals surface area (Å²) in [6.07, 6.45) is 0. The standard InChI is InChI=1S/C19H23BrN4S2/c1-18(2,3)13-14(20)25-17(21-13)26-16-23-22-15(19(4,5)6)24(16)12-10-8-7-9-11-12/h7-11H,1-6H3. The number of rotatable bonds is 3. The van der Waals surface area contributed by atoms with Crippen molar-refractivity contribution < 1.29 is 0 Å². The Morgan fingerprint density at radius 2 is 1.62 bits per heavy atom. The predicted octanol–water partition coefficient (Wildman–Crippen LogP) is 6.23. The van der Waals surface area contributed by atoms with E-state index in [0.29, 0.717) is 0 Å². The van der Waals surface area contributed by atoms with Crippen molar-refractivity contribution in [1.82, 2.24) is 19.7 Å². The minimum Gasteiger partial charge on any atom is -0.273 e. The van der Waals surface area contributed by atoms with Crippen LogP contribution in [0.2, 0.25) is 0 Å². The second-order valence-electron chi connectivity index (χ2n) is 8.18. The molecular weight excluding hydrogens is 428 g/mol. The van der Waals surface area contributed by atoms with Gasteiger partial charge >= 0.3 is 0 Å². The summed E-state index contributed by atoms with van der Waals surface area (Å²) in [5, 5.41) is 9.81. The third-order valence-corrected chi connectivity index (χ3v) is 6.49. The van der Waals surface area contributed by atoms with Gasteiger partial charge in [0.15, 0.2) is 4.34 Å². The maximum Gasteiger partial charge on any atom is 0.202 e. The van der Waals surface area contributed by atoms with E-state index in [9.17, 15) is 0 Å². The van der Waals surface area contributed by atoms with Crippen LogP contribution in [-0.4, -0.2) is 19.7 Å². The summed E-state index contributed by atoms with van der Waals surface area (Å²) in [4.78, 5) is 4.84. The summed E-state index contributed by atoms with van der Waals surface area (Å²) in [5.74, 6) is 0.942. The molecule has 4 nitrogen and oxygen atoms in total. The van der Waals surface area contributed by atoms with E-state index in [1.54, 1.807) is 23.1 Å². The van der Waals surface area contributed by atoms with Crippen LogP contribution in [0.25, 0.3) is 5.69 Å². The molecule has 2 aromatic heterocycles. The zero-order valence-corrected chi connectivity index (χ0v) is 19.1. The number of hydrogen-bond acceptors (Lipinski definition) is 5. The second kappa shape index (κ2) is 7.09. The fourth-order valence-corrected chi connectivity index (χ4v) is 6.00. The van der Waals surface area contributed by atoms with Crippen molar-refractivity contribution in [3.05, 3.63) is 45.6 Å². The molecule has 0 unspecified atom stereocenters. The molecule has 0 spiro atoms. The quantitative estimate of drug-likeness (QED) is 0.473. The van der Waals surface area contributed by atoms with Crippen LogP contribution in [0.1, 0.15) is 53.1 Å². The first kappa shape index (κ1) is 19.6. The van der Waals surface area contributed by atoms with Crippen molar-refractivity contribution in [3.8, 4) is 5.69 Å². The van der Waals surface area contributed by atoms with Gasteiger partial charge in [-0.1, -0.05) is 71.1 Å². The maximum absolute atomic E-state index is 4.84. The highest BCUT2D eigenvalue weighted by molar-refractivity contribution is 9.11. The van der Waals surface area contributed by atoms with Crippen LogP contribution in [-0.2, 0) is 10.8 Å². The first-order valence-electron chi connectivity index (χ1n) is 8.43. The lowest BCUT2D eigenvalue weighted by atomic mass is 9.93. The van der Waals surface area contributed by atoms with Gasteiger partial charge in [0, 0.05) is 16.5 Å². The van der Waals surface area contributed by atoms with Gasteiger partial charge < -0.3 is 0 Å². The van der Waals surface area contributed by atoms with Gasteiger partial charge in [0.05, 0.1) is 9.48 Å². The summed E-state index contributed by atoms with van der Waals surface area (Å²) in [6.45, 7) is 13.0. The molecular formula is C19H23BrN4S2. The van der Waals surface area contributed by atoms with Crippen molar-refractivity contribution in [3.63, 3.8) is 0 Å². The van der Waals surface area contributed by atoms with Gasteiger partial charge in [-0.15, -0.1) is 10.2 Å². The molecule has 0 fully saturated rings. The lowest BCUT2D eigenvalue weighted by Crippen LogP contribution is -2.18. The zero-order chi connectivity index (χ0) is 19.1. The molecule has 0 N–H and O–H groups in total. The third-order valence-electron chi connectivity index (χ3n) is 3.77. The molecule has 3 aromatic rings. The van der Waals surface area contributed by atoms with Crippen molar-refractivity contribution in [1.29, 1.82) is 0 Å².